The van der Waals surface area contributed by atoms with Crippen LogP contribution in [0.1, 0.15) is 62.5 Å². The van der Waals surface area contributed by atoms with Crippen molar-refractivity contribution < 1.29 is 28.2 Å². The van der Waals surface area contributed by atoms with Gasteiger partial charge in [-0.25, -0.2) is 9.18 Å². The van der Waals surface area contributed by atoms with Crippen LogP contribution >= 0.6 is 0 Å². The van der Waals surface area contributed by atoms with E-state index < -0.39 is 17.7 Å². The maximum atomic E-state index is 15.1. The van der Waals surface area contributed by atoms with Crippen LogP contribution in [0.15, 0.2) is 65.0 Å². The second kappa shape index (κ2) is 11.0. The van der Waals surface area contributed by atoms with Gasteiger partial charge in [-0.15, -0.1) is 0 Å². The van der Waals surface area contributed by atoms with Gasteiger partial charge < -0.3 is 19.5 Å². The monoisotopic (exact) mass is 493 g/mol. The number of Topliss-reactive ketones (excluding diaryl/α,β-unsaturated/α-hetero) is 1. The van der Waals surface area contributed by atoms with Gasteiger partial charge in [0.2, 0.25) is 0 Å². The first-order valence-electron chi connectivity index (χ1n) is 12.3. The van der Waals surface area contributed by atoms with E-state index in [1.54, 1.807) is 39.3 Å². The van der Waals surface area contributed by atoms with Crippen LogP contribution in [0.25, 0.3) is 0 Å². The number of rotatable bonds is 8. The number of dihydropyridines is 1. The Labute approximate surface area is 211 Å². The van der Waals surface area contributed by atoms with E-state index in [-0.39, 0.29) is 30.3 Å². The minimum Gasteiger partial charge on any atom is -0.493 e. The van der Waals surface area contributed by atoms with Crippen LogP contribution in [0.3, 0.4) is 0 Å². The van der Waals surface area contributed by atoms with Gasteiger partial charge in [0.1, 0.15) is 5.82 Å². The maximum absolute atomic E-state index is 15.1. The fourth-order valence-electron chi connectivity index (χ4n) is 5.06. The van der Waals surface area contributed by atoms with Crippen LogP contribution in [0.4, 0.5) is 4.39 Å². The van der Waals surface area contributed by atoms with E-state index in [1.165, 1.54) is 6.07 Å². The van der Waals surface area contributed by atoms with Crippen LogP contribution in [-0.4, -0.2) is 32.6 Å². The molecule has 0 amide bonds. The summed E-state index contributed by atoms with van der Waals surface area (Å²) in [6.45, 7) is 4.06. The van der Waals surface area contributed by atoms with Crippen molar-refractivity contribution in [3.63, 3.8) is 0 Å². The summed E-state index contributed by atoms with van der Waals surface area (Å²) in [7, 11) is 3.15. The molecule has 2 aromatic carbocycles. The summed E-state index contributed by atoms with van der Waals surface area (Å²) in [6.07, 6.45) is 2.39. The van der Waals surface area contributed by atoms with E-state index in [0.29, 0.717) is 40.5 Å². The largest absolute Gasteiger partial charge is 0.493 e. The lowest BCUT2D eigenvalue weighted by atomic mass is 9.71. The molecule has 0 bridgehead atoms. The molecule has 1 heterocycles. The van der Waals surface area contributed by atoms with Gasteiger partial charge in [0, 0.05) is 29.0 Å². The Morgan fingerprint density at radius 2 is 1.83 bits per heavy atom. The summed E-state index contributed by atoms with van der Waals surface area (Å²) >= 11 is 0. The fourth-order valence-corrected chi connectivity index (χ4v) is 5.06. The Morgan fingerprint density at radius 3 is 2.53 bits per heavy atom. The Balaban J connectivity index is 1.75. The van der Waals surface area contributed by atoms with Crippen LogP contribution in [0.2, 0.25) is 0 Å². The predicted octanol–water partition coefficient (Wildman–Crippen LogP) is 5.55. The number of nitrogens with one attached hydrogen (secondary N) is 1. The molecule has 0 saturated heterocycles. The molecule has 0 radical (unpaired) electrons. The van der Waals surface area contributed by atoms with E-state index in [0.717, 1.165) is 18.4 Å². The van der Waals surface area contributed by atoms with Gasteiger partial charge in [0.25, 0.3) is 0 Å². The van der Waals surface area contributed by atoms with Crippen molar-refractivity contribution in [1.82, 2.24) is 5.32 Å². The third kappa shape index (κ3) is 4.87. The van der Waals surface area contributed by atoms with E-state index in [1.807, 2.05) is 25.1 Å². The van der Waals surface area contributed by atoms with Crippen LogP contribution in [0.5, 0.6) is 11.5 Å². The molecule has 0 spiro atoms. The molecule has 1 aliphatic heterocycles. The second-order valence-corrected chi connectivity index (χ2v) is 9.14. The minimum absolute atomic E-state index is 0.101. The highest BCUT2D eigenvalue weighted by Gasteiger charge is 2.42. The second-order valence-electron chi connectivity index (χ2n) is 9.14. The Kier molecular flexibility index (Phi) is 7.77. The lowest BCUT2D eigenvalue weighted by Gasteiger charge is -2.36. The zero-order valence-electron chi connectivity index (χ0n) is 21.2. The molecule has 36 heavy (non-hydrogen) atoms. The summed E-state index contributed by atoms with van der Waals surface area (Å²) in [5.41, 5.74) is 3.25. The number of benzene rings is 2. The van der Waals surface area contributed by atoms with E-state index in [2.05, 4.69) is 5.32 Å². The van der Waals surface area contributed by atoms with Gasteiger partial charge in [-0.05, 0) is 49.4 Å². The third-order valence-electron chi connectivity index (χ3n) is 6.87. The highest BCUT2D eigenvalue weighted by molar-refractivity contribution is 6.04. The average Bonchev–Trinajstić information content (AvgIpc) is 2.87. The molecule has 2 atom stereocenters. The lowest BCUT2D eigenvalue weighted by molar-refractivity contribution is -0.139. The molecule has 0 unspecified atom stereocenters. The molecule has 1 N–H and O–H groups in total. The van der Waals surface area contributed by atoms with E-state index in [9.17, 15) is 9.59 Å². The van der Waals surface area contributed by atoms with E-state index >= 15 is 4.39 Å². The van der Waals surface area contributed by atoms with Crippen molar-refractivity contribution >= 4 is 11.8 Å². The topological polar surface area (TPSA) is 73.9 Å². The zero-order valence-corrected chi connectivity index (χ0v) is 21.2. The summed E-state index contributed by atoms with van der Waals surface area (Å²) in [5, 5.41) is 3.30. The van der Waals surface area contributed by atoms with Gasteiger partial charge in [0.05, 0.1) is 32.3 Å². The number of hydrogen-bond donors (Lipinski definition) is 1. The maximum Gasteiger partial charge on any atom is 0.336 e. The molecular formula is C29H32FNO5. The summed E-state index contributed by atoms with van der Waals surface area (Å²) in [6, 6.07) is 12.0. The van der Waals surface area contributed by atoms with Crippen LogP contribution < -0.4 is 14.8 Å². The van der Waals surface area contributed by atoms with Crippen molar-refractivity contribution in [3.05, 3.63) is 81.9 Å². The molecule has 4 rings (SSSR count). The van der Waals surface area contributed by atoms with Crippen molar-refractivity contribution in [2.75, 3.05) is 20.8 Å². The number of methoxy groups -OCH3 is 2. The van der Waals surface area contributed by atoms with Gasteiger partial charge in [0.15, 0.2) is 17.3 Å². The number of carbonyl (C=O) groups is 2. The van der Waals surface area contributed by atoms with Gasteiger partial charge in [-0.2, -0.15) is 0 Å². The number of hydrogen-bond acceptors (Lipinski definition) is 6. The number of unbranched alkanes of at least 4 members (excludes halogenated alkanes) is 1. The molecule has 2 aliphatic rings. The summed E-state index contributed by atoms with van der Waals surface area (Å²) < 4.78 is 31.4. The minimum atomic E-state index is -0.824. The van der Waals surface area contributed by atoms with Crippen molar-refractivity contribution in [2.45, 2.75) is 51.4 Å². The molecular weight excluding hydrogens is 461 g/mol. The predicted molar refractivity (Wildman–Crippen MR) is 134 cm³/mol. The molecule has 0 fully saturated rings. The summed E-state index contributed by atoms with van der Waals surface area (Å²) in [4.78, 5) is 26.8. The first-order valence-corrected chi connectivity index (χ1v) is 12.3. The number of ketones is 1. The standard InChI is InChI=1S/C29H32FNO5/c1-5-6-13-36-29(33)26-17(2)31-22-14-19(18-11-12-24(34-3)25(16-18)35-4)15-23(32)28(22)27(26)20-9-7-8-10-21(20)30/h7-12,16,19,27,31H,5-6,13-15H2,1-4H3/t19-,27+/m1/s1. The molecule has 190 valence electrons. The quantitative estimate of drug-likeness (QED) is 0.384. The van der Waals surface area contributed by atoms with Crippen molar-refractivity contribution in [2.24, 2.45) is 0 Å². The normalized spacial score (nSPS) is 19.5. The number of allylic oxidation sites excluding steroid dienone is 3. The molecule has 2 aromatic rings. The molecule has 1 aliphatic carbocycles. The summed E-state index contributed by atoms with van der Waals surface area (Å²) in [5.74, 6) is -0.824. The Morgan fingerprint density at radius 1 is 1.08 bits per heavy atom. The number of esters is 1. The molecule has 0 aromatic heterocycles. The van der Waals surface area contributed by atoms with E-state index in [4.69, 9.17) is 14.2 Å². The van der Waals surface area contributed by atoms with Gasteiger partial charge in [-0.1, -0.05) is 37.6 Å². The number of halogens is 1. The molecule has 6 nitrogen and oxygen atoms in total. The fraction of sp³-hybridized carbons (Fsp3) is 0.379. The van der Waals surface area contributed by atoms with Crippen molar-refractivity contribution in [1.29, 1.82) is 0 Å². The van der Waals surface area contributed by atoms with Gasteiger partial charge in [-0.3, -0.25) is 4.79 Å². The van der Waals surface area contributed by atoms with Crippen LogP contribution in [-0.2, 0) is 14.3 Å². The molecule has 0 saturated carbocycles. The Hall–Kier alpha value is -3.61. The van der Waals surface area contributed by atoms with Crippen molar-refractivity contribution in [3.8, 4) is 11.5 Å². The smallest absolute Gasteiger partial charge is 0.336 e. The first kappa shape index (κ1) is 25.5. The van der Waals surface area contributed by atoms with Crippen LogP contribution in [0, 0.1) is 5.82 Å². The SMILES string of the molecule is CCCCOC(=O)C1=C(C)NC2=C(C(=O)C[C@H](c3ccc(OC)c(OC)c3)C2)[C@H]1c1ccccc1F. The third-order valence-corrected chi connectivity index (χ3v) is 6.87. The van der Waals surface area contributed by atoms with Gasteiger partial charge >= 0.3 is 5.97 Å². The zero-order chi connectivity index (χ0) is 25.8. The number of ether oxygens (including phenoxy) is 3. The highest BCUT2D eigenvalue weighted by Crippen LogP contribution is 2.47. The highest BCUT2D eigenvalue weighted by atomic mass is 19.1. The number of carbonyl (C=O) groups excluding carboxylic acids is 2. The first-order chi connectivity index (χ1) is 17.4. The average molecular weight is 494 g/mol. The lowest BCUT2D eigenvalue weighted by Crippen LogP contribution is -2.36. The molecule has 7 heteroatoms. The Bertz CT molecular complexity index is 1230.